The standard InChI is InChI=1S/C4H6N2O5/c7-2-5-1-6(3(8)9)4(10)11/h2H,1H2,(H,5,7)(H,8,9)(H,10,11). The number of hydrogen-bond donors (Lipinski definition) is 3. The van der Waals surface area contributed by atoms with Crippen LogP contribution in [0.5, 0.6) is 0 Å². The van der Waals surface area contributed by atoms with Crippen molar-refractivity contribution in [1.29, 1.82) is 0 Å². The molecule has 0 unspecified atom stereocenters. The fraction of sp³-hybridized carbons (Fsp3) is 0.250. The van der Waals surface area contributed by atoms with Crippen LogP contribution in [0.3, 0.4) is 0 Å². The lowest BCUT2D eigenvalue weighted by molar-refractivity contribution is -0.109. The van der Waals surface area contributed by atoms with E-state index in [2.05, 4.69) is 0 Å². The number of nitrogens with one attached hydrogen (secondary N) is 1. The number of nitrogens with zero attached hydrogens (tertiary/aromatic N) is 1. The van der Waals surface area contributed by atoms with Crippen LogP contribution < -0.4 is 5.32 Å². The highest BCUT2D eigenvalue weighted by Crippen LogP contribution is 1.86. The lowest BCUT2D eigenvalue weighted by Crippen LogP contribution is -2.41. The largest absolute Gasteiger partial charge is 0.464 e. The van der Waals surface area contributed by atoms with Crippen molar-refractivity contribution >= 4 is 18.6 Å². The molecule has 0 bridgehead atoms. The summed E-state index contributed by atoms with van der Waals surface area (Å²) in [5.74, 6) is 0. The van der Waals surface area contributed by atoms with Crippen molar-refractivity contribution < 1.29 is 24.6 Å². The number of rotatable bonds is 3. The molecular formula is C4H6N2O5. The lowest BCUT2D eigenvalue weighted by atomic mass is 10.8. The predicted octanol–water partition coefficient (Wildman–Crippen LogP) is -0.652. The summed E-state index contributed by atoms with van der Waals surface area (Å²) < 4.78 is 0. The molecule has 0 heterocycles. The first kappa shape index (κ1) is 9.21. The highest BCUT2D eigenvalue weighted by molar-refractivity contribution is 5.85. The van der Waals surface area contributed by atoms with Gasteiger partial charge in [-0.1, -0.05) is 0 Å². The molecule has 0 saturated heterocycles. The third-order valence-electron chi connectivity index (χ3n) is 0.795. The van der Waals surface area contributed by atoms with Gasteiger partial charge in [-0.3, -0.25) is 4.79 Å². The van der Waals surface area contributed by atoms with Gasteiger partial charge in [-0.05, 0) is 0 Å². The monoisotopic (exact) mass is 162 g/mol. The number of carbonyl (C=O) groups excluding carboxylic acids is 1. The van der Waals surface area contributed by atoms with Crippen LogP contribution in [0.2, 0.25) is 0 Å². The molecule has 0 rings (SSSR count). The minimum Gasteiger partial charge on any atom is -0.464 e. The molecule has 0 spiro atoms. The fourth-order valence-corrected chi connectivity index (χ4v) is 0.346. The Balaban J connectivity index is 4.00. The molecule has 0 aliphatic heterocycles. The van der Waals surface area contributed by atoms with Gasteiger partial charge in [0.2, 0.25) is 6.41 Å². The van der Waals surface area contributed by atoms with E-state index in [9.17, 15) is 14.4 Å². The number of amides is 3. The zero-order valence-corrected chi connectivity index (χ0v) is 5.35. The maximum absolute atomic E-state index is 10.0. The van der Waals surface area contributed by atoms with Gasteiger partial charge in [-0.15, -0.1) is 0 Å². The Kier molecular flexibility index (Phi) is 3.43. The van der Waals surface area contributed by atoms with Crippen LogP contribution in [0.1, 0.15) is 0 Å². The van der Waals surface area contributed by atoms with Crippen molar-refractivity contribution in [3.8, 4) is 0 Å². The van der Waals surface area contributed by atoms with Crippen LogP contribution in [0.25, 0.3) is 0 Å². The van der Waals surface area contributed by atoms with E-state index in [4.69, 9.17) is 10.2 Å². The molecule has 3 N–H and O–H groups in total. The summed E-state index contributed by atoms with van der Waals surface area (Å²) in [5.41, 5.74) is 0. The van der Waals surface area contributed by atoms with Crippen LogP contribution in [0, 0.1) is 0 Å². The SMILES string of the molecule is O=CNCN(C(=O)O)C(=O)O. The first-order valence-corrected chi connectivity index (χ1v) is 2.50. The van der Waals surface area contributed by atoms with Gasteiger partial charge in [0, 0.05) is 0 Å². The number of carboxylic acid groups (broad SMARTS) is 2. The van der Waals surface area contributed by atoms with Crippen LogP contribution in [0.4, 0.5) is 9.59 Å². The van der Waals surface area contributed by atoms with Gasteiger partial charge in [-0.2, -0.15) is 4.90 Å². The van der Waals surface area contributed by atoms with E-state index in [0.29, 0.717) is 0 Å². The third kappa shape index (κ3) is 3.04. The van der Waals surface area contributed by atoms with Gasteiger partial charge in [0.05, 0.1) is 0 Å². The van der Waals surface area contributed by atoms with E-state index >= 15 is 0 Å². The first-order valence-electron chi connectivity index (χ1n) is 2.50. The van der Waals surface area contributed by atoms with Crippen LogP contribution in [-0.4, -0.2) is 40.4 Å². The van der Waals surface area contributed by atoms with Gasteiger partial charge in [0.15, 0.2) is 0 Å². The van der Waals surface area contributed by atoms with Gasteiger partial charge in [-0.25, -0.2) is 9.59 Å². The van der Waals surface area contributed by atoms with Crippen molar-refractivity contribution in [1.82, 2.24) is 10.2 Å². The molecule has 0 fully saturated rings. The van der Waals surface area contributed by atoms with Crippen molar-refractivity contribution in [3.63, 3.8) is 0 Å². The van der Waals surface area contributed by atoms with Crippen molar-refractivity contribution in [2.75, 3.05) is 6.67 Å². The minimum absolute atomic E-state index is 0.0361. The van der Waals surface area contributed by atoms with E-state index in [-0.39, 0.29) is 11.3 Å². The summed E-state index contributed by atoms with van der Waals surface area (Å²) in [6.07, 6.45) is -3.06. The molecule has 0 radical (unpaired) electrons. The fourth-order valence-electron chi connectivity index (χ4n) is 0.346. The van der Waals surface area contributed by atoms with Crippen LogP contribution in [-0.2, 0) is 4.79 Å². The van der Waals surface area contributed by atoms with Crippen LogP contribution >= 0.6 is 0 Å². The molecule has 0 aromatic carbocycles. The Bertz CT molecular complexity index is 165. The topological polar surface area (TPSA) is 107 Å². The van der Waals surface area contributed by atoms with E-state index in [0.717, 1.165) is 0 Å². The Labute approximate surface area is 61.2 Å². The van der Waals surface area contributed by atoms with Gasteiger partial charge >= 0.3 is 12.2 Å². The number of hydrogen-bond acceptors (Lipinski definition) is 3. The molecule has 7 heteroatoms. The Morgan fingerprint density at radius 3 is 2.09 bits per heavy atom. The summed E-state index contributed by atoms with van der Waals surface area (Å²) in [4.78, 5) is 29.7. The molecule has 0 aromatic heterocycles. The zero-order chi connectivity index (χ0) is 8.85. The van der Waals surface area contributed by atoms with Crippen LogP contribution in [0.15, 0.2) is 0 Å². The summed E-state index contributed by atoms with van der Waals surface area (Å²) in [6, 6.07) is 0. The summed E-state index contributed by atoms with van der Waals surface area (Å²) in [5, 5.41) is 18.2. The number of carbonyl (C=O) groups is 3. The van der Waals surface area contributed by atoms with Crippen molar-refractivity contribution in [2.45, 2.75) is 0 Å². The minimum atomic E-state index is -1.63. The summed E-state index contributed by atoms with van der Waals surface area (Å²) >= 11 is 0. The van der Waals surface area contributed by atoms with E-state index in [1.54, 1.807) is 0 Å². The highest BCUT2D eigenvalue weighted by atomic mass is 16.4. The highest BCUT2D eigenvalue weighted by Gasteiger charge is 2.17. The molecule has 62 valence electrons. The molecule has 7 nitrogen and oxygen atoms in total. The van der Waals surface area contributed by atoms with Crippen molar-refractivity contribution in [3.05, 3.63) is 0 Å². The maximum Gasteiger partial charge on any atom is 0.418 e. The predicted molar refractivity (Wildman–Crippen MR) is 32.0 cm³/mol. The molecule has 11 heavy (non-hydrogen) atoms. The average molecular weight is 162 g/mol. The van der Waals surface area contributed by atoms with E-state index in [1.165, 1.54) is 0 Å². The maximum atomic E-state index is 10.0. The first-order chi connectivity index (χ1) is 5.09. The molecular weight excluding hydrogens is 156 g/mol. The molecule has 0 atom stereocenters. The normalized spacial score (nSPS) is 8.36. The van der Waals surface area contributed by atoms with Crippen molar-refractivity contribution in [2.24, 2.45) is 0 Å². The molecule has 0 aromatic rings. The molecule has 0 aliphatic carbocycles. The molecule has 0 saturated carbocycles. The van der Waals surface area contributed by atoms with Gasteiger partial charge < -0.3 is 15.5 Å². The average Bonchev–Trinajstić information content (AvgIpc) is 1.87. The number of imide groups is 1. The van der Waals surface area contributed by atoms with E-state index in [1.807, 2.05) is 5.32 Å². The second kappa shape index (κ2) is 4.09. The zero-order valence-electron chi connectivity index (χ0n) is 5.35. The third-order valence-corrected chi connectivity index (χ3v) is 0.795. The Hall–Kier alpha value is -1.79. The summed E-state index contributed by atoms with van der Waals surface area (Å²) in [7, 11) is 0. The van der Waals surface area contributed by atoms with E-state index < -0.39 is 18.9 Å². The summed E-state index contributed by atoms with van der Waals surface area (Å²) in [6.45, 7) is -0.561. The van der Waals surface area contributed by atoms with Gasteiger partial charge in [0.25, 0.3) is 0 Å². The quantitative estimate of drug-likeness (QED) is 0.377. The second-order valence-electron chi connectivity index (χ2n) is 1.47. The smallest absolute Gasteiger partial charge is 0.418 e. The van der Waals surface area contributed by atoms with Gasteiger partial charge in [0.1, 0.15) is 6.67 Å². The second-order valence-corrected chi connectivity index (χ2v) is 1.47. The molecule has 3 amide bonds. The Morgan fingerprint density at radius 1 is 1.36 bits per heavy atom. The molecule has 0 aliphatic rings. The Morgan fingerprint density at radius 2 is 1.82 bits per heavy atom. The lowest BCUT2D eigenvalue weighted by Gasteiger charge is -2.10.